The molecule has 0 aliphatic carbocycles. The van der Waals surface area contributed by atoms with Gasteiger partial charge in [0.25, 0.3) is 11.6 Å². The van der Waals surface area contributed by atoms with Crippen molar-refractivity contribution in [2.45, 2.75) is 6.54 Å². The zero-order valence-corrected chi connectivity index (χ0v) is 12.1. The second kappa shape index (κ2) is 7.28. The van der Waals surface area contributed by atoms with Gasteiger partial charge in [0.05, 0.1) is 4.92 Å². The van der Waals surface area contributed by atoms with Crippen LogP contribution in [-0.2, 0) is 6.54 Å². The van der Waals surface area contributed by atoms with Crippen LogP contribution < -0.4 is 22.7 Å². The Morgan fingerprint density at radius 3 is 2.32 bits per heavy atom. The molecule has 0 fully saturated rings. The van der Waals surface area contributed by atoms with E-state index in [1.165, 1.54) is 35.0 Å². The number of hydrogen-bond acceptors (Lipinski definition) is 4. The number of carbonyl (C=O) groups is 2. The van der Waals surface area contributed by atoms with E-state index < -0.39 is 10.8 Å². The zero-order chi connectivity index (χ0) is 15.4. The van der Waals surface area contributed by atoms with Crippen LogP contribution in [0.15, 0.2) is 48.8 Å². The lowest BCUT2D eigenvalue weighted by atomic mass is 10.1. The first-order chi connectivity index (χ1) is 9.97. The number of halogens is 1. The summed E-state index contributed by atoms with van der Waals surface area (Å²) in [7, 11) is 0. The van der Waals surface area contributed by atoms with Crippen molar-refractivity contribution in [3.05, 3.63) is 70.0 Å². The fraction of sp³-hybridized carbons (Fsp3) is 0.0714. The van der Waals surface area contributed by atoms with Crippen LogP contribution in [0.25, 0.3) is 0 Å². The molecule has 7 nitrogen and oxygen atoms in total. The van der Waals surface area contributed by atoms with E-state index in [0.717, 1.165) is 0 Å². The minimum Gasteiger partial charge on any atom is -1.00 e. The molecule has 2 rings (SSSR count). The van der Waals surface area contributed by atoms with Crippen molar-refractivity contribution in [3.8, 4) is 0 Å². The SMILES string of the molecule is NC(=O)c1ccc[n+](CC(=O)c2ccc([N+](=O)[O-])cc2)c1.[Cl-]. The summed E-state index contributed by atoms with van der Waals surface area (Å²) < 4.78 is 1.53. The van der Waals surface area contributed by atoms with E-state index in [9.17, 15) is 19.7 Å². The molecular formula is C14H12ClN3O4. The number of ketones is 1. The van der Waals surface area contributed by atoms with E-state index in [4.69, 9.17) is 5.73 Å². The third-order valence-electron chi connectivity index (χ3n) is 2.87. The van der Waals surface area contributed by atoms with Crippen LogP contribution >= 0.6 is 0 Å². The summed E-state index contributed by atoms with van der Waals surface area (Å²) >= 11 is 0. The van der Waals surface area contributed by atoms with Crippen LogP contribution in [0.4, 0.5) is 5.69 Å². The molecule has 2 aromatic rings. The number of carbonyl (C=O) groups excluding carboxylic acids is 2. The zero-order valence-electron chi connectivity index (χ0n) is 11.3. The summed E-state index contributed by atoms with van der Waals surface area (Å²) in [6.45, 7) is 0.0128. The quantitative estimate of drug-likeness (QED) is 0.294. The monoisotopic (exact) mass is 321 g/mol. The molecule has 1 aromatic heterocycles. The predicted molar refractivity (Wildman–Crippen MR) is 72.6 cm³/mol. The highest BCUT2D eigenvalue weighted by molar-refractivity contribution is 5.95. The molecular weight excluding hydrogens is 310 g/mol. The van der Waals surface area contributed by atoms with E-state index >= 15 is 0 Å². The van der Waals surface area contributed by atoms with Gasteiger partial charge in [0, 0.05) is 23.8 Å². The molecule has 0 radical (unpaired) electrons. The molecule has 0 saturated heterocycles. The Hall–Kier alpha value is -2.80. The van der Waals surface area contributed by atoms with Crippen LogP contribution in [-0.4, -0.2) is 16.6 Å². The van der Waals surface area contributed by atoms with Crippen LogP contribution in [0.1, 0.15) is 20.7 Å². The van der Waals surface area contributed by atoms with Crippen molar-refractivity contribution in [2.75, 3.05) is 0 Å². The van der Waals surface area contributed by atoms with Crippen molar-refractivity contribution in [2.24, 2.45) is 5.73 Å². The Bertz CT molecular complexity index is 716. The second-order valence-electron chi connectivity index (χ2n) is 4.36. The third-order valence-corrected chi connectivity index (χ3v) is 2.87. The molecule has 1 heterocycles. The molecule has 8 heteroatoms. The number of benzene rings is 1. The van der Waals surface area contributed by atoms with Gasteiger partial charge in [-0.05, 0) is 18.2 Å². The minimum absolute atomic E-state index is 0. The molecule has 0 bridgehead atoms. The van der Waals surface area contributed by atoms with Crippen molar-refractivity contribution in [1.82, 2.24) is 0 Å². The van der Waals surface area contributed by atoms with Crippen LogP contribution in [0.5, 0.6) is 0 Å². The van der Waals surface area contributed by atoms with E-state index in [1.54, 1.807) is 18.3 Å². The van der Waals surface area contributed by atoms with Gasteiger partial charge < -0.3 is 18.1 Å². The lowest BCUT2D eigenvalue weighted by Gasteiger charge is -1.99. The molecule has 0 atom stereocenters. The molecule has 2 N–H and O–H groups in total. The topological polar surface area (TPSA) is 107 Å². The Morgan fingerprint density at radius 1 is 1.14 bits per heavy atom. The third kappa shape index (κ3) is 4.10. The molecule has 1 aromatic carbocycles. The Morgan fingerprint density at radius 2 is 1.77 bits per heavy atom. The Balaban J connectivity index is 0.00000242. The van der Waals surface area contributed by atoms with Crippen LogP contribution in [0.2, 0.25) is 0 Å². The second-order valence-corrected chi connectivity index (χ2v) is 4.36. The number of hydrogen-bond donors (Lipinski definition) is 1. The van der Waals surface area contributed by atoms with Crippen molar-refractivity contribution in [3.63, 3.8) is 0 Å². The predicted octanol–water partition coefficient (Wildman–Crippen LogP) is -2.13. The molecule has 0 unspecified atom stereocenters. The number of amides is 1. The summed E-state index contributed by atoms with van der Waals surface area (Å²) in [6, 6.07) is 8.52. The Labute approximate surface area is 131 Å². The van der Waals surface area contributed by atoms with Gasteiger partial charge in [-0.2, -0.15) is 4.57 Å². The lowest BCUT2D eigenvalue weighted by molar-refractivity contribution is -0.683. The lowest BCUT2D eigenvalue weighted by Crippen LogP contribution is -3.00. The number of nitro benzene ring substituents is 1. The first-order valence-electron chi connectivity index (χ1n) is 6.04. The number of nitrogens with zero attached hydrogens (tertiary/aromatic N) is 2. The van der Waals surface area contributed by atoms with Gasteiger partial charge in [0.2, 0.25) is 12.3 Å². The normalized spacial score (nSPS) is 9.64. The highest BCUT2D eigenvalue weighted by Gasteiger charge is 2.15. The van der Waals surface area contributed by atoms with E-state index in [2.05, 4.69) is 0 Å². The fourth-order valence-corrected chi connectivity index (χ4v) is 1.79. The maximum atomic E-state index is 12.1. The summed E-state index contributed by atoms with van der Waals surface area (Å²) in [4.78, 5) is 33.2. The van der Waals surface area contributed by atoms with Crippen molar-refractivity contribution in [1.29, 1.82) is 0 Å². The maximum Gasteiger partial charge on any atom is 0.269 e. The van der Waals surface area contributed by atoms with Gasteiger partial charge >= 0.3 is 0 Å². The van der Waals surface area contributed by atoms with Gasteiger partial charge in [-0.25, -0.2) is 0 Å². The van der Waals surface area contributed by atoms with Crippen LogP contribution in [0.3, 0.4) is 0 Å². The summed E-state index contributed by atoms with van der Waals surface area (Å²) in [5, 5.41) is 10.5. The highest BCUT2D eigenvalue weighted by atomic mass is 35.5. The molecule has 0 spiro atoms. The number of rotatable bonds is 5. The van der Waals surface area contributed by atoms with Gasteiger partial charge in [0.1, 0.15) is 5.56 Å². The molecule has 22 heavy (non-hydrogen) atoms. The number of nitro groups is 1. The summed E-state index contributed by atoms with van der Waals surface area (Å²) in [5.74, 6) is -0.802. The fourth-order valence-electron chi connectivity index (χ4n) is 1.79. The number of nitrogens with two attached hydrogens (primary N) is 1. The van der Waals surface area contributed by atoms with Crippen molar-refractivity contribution >= 4 is 17.4 Å². The first-order valence-corrected chi connectivity index (χ1v) is 6.04. The molecule has 0 aliphatic heterocycles. The Kier molecular flexibility index (Phi) is 5.71. The van der Waals surface area contributed by atoms with E-state index in [-0.39, 0.29) is 30.4 Å². The summed E-state index contributed by atoms with van der Waals surface area (Å²) in [5.41, 5.74) is 5.75. The molecule has 0 saturated carbocycles. The molecule has 1 amide bonds. The van der Waals surface area contributed by atoms with Crippen molar-refractivity contribution < 1.29 is 31.5 Å². The van der Waals surface area contributed by atoms with E-state index in [1.807, 2.05) is 0 Å². The van der Waals surface area contributed by atoms with Gasteiger partial charge in [-0.1, -0.05) is 0 Å². The average Bonchev–Trinajstić information content (AvgIpc) is 2.47. The summed E-state index contributed by atoms with van der Waals surface area (Å²) in [6.07, 6.45) is 3.11. The smallest absolute Gasteiger partial charge is 0.269 e. The van der Waals surface area contributed by atoms with Gasteiger partial charge in [-0.15, -0.1) is 0 Å². The first kappa shape index (κ1) is 17.3. The largest absolute Gasteiger partial charge is 1.00 e. The number of primary amides is 1. The van der Waals surface area contributed by atoms with Crippen LogP contribution in [0, 0.1) is 10.1 Å². The number of pyridine rings is 1. The minimum atomic E-state index is -0.577. The average molecular weight is 322 g/mol. The standard InChI is InChI=1S/C14H11N3O4.ClH/c15-14(19)11-2-1-7-16(8-11)9-13(18)10-3-5-12(6-4-10)17(20)21;/h1-8H,9H2,(H-,15,19);1H. The number of aromatic nitrogens is 1. The molecule has 114 valence electrons. The van der Waals surface area contributed by atoms with Gasteiger partial charge in [-0.3, -0.25) is 19.7 Å². The van der Waals surface area contributed by atoms with Gasteiger partial charge in [0.15, 0.2) is 12.4 Å². The highest BCUT2D eigenvalue weighted by Crippen LogP contribution is 2.12. The number of non-ortho nitro benzene ring substituents is 1. The maximum absolute atomic E-state index is 12.1. The number of Topliss-reactive ketones (excluding diaryl/α,β-unsaturated/α-hetero) is 1. The van der Waals surface area contributed by atoms with E-state index in [0.29, 0.717) is 11.1 Å². The molecule has 0 aliphatic rings.